The summed E-state index contributed by atoms with van der Waals surface area (Å²) in [4.78, 5) is 14.0. The molecule has 7 heteroatoms. The molecule has 46 heavy (non-hydrogen) atoms. The first-order valence-electron chi connectivity index (χ1n) is 15.1. The molecule has 5 aromatic carbocycles. The highest BCUT2D eigenvalue weighted by molar-refractivity contribution is 6.04. The van der Waals surface area contributed by atoms with Gasteiger partial charge in [0.2, 0.25) is 5.91 Å². The highest BCUT2D eigenvalue weighted by Gasteiger charge is 2.48. The van der Waals surface area contributed by atoms with Crippen LogP contribution < -0.4 is 15.2 Å². The van der Waals surface area contributed by atoms with Gasteiger partial charge in [-0.2, -0.15) is 13.2 Å². The zero-order valence-electron chi connectivity index (χ0n) is 26.2. The van der Waals surface area contributed by atoms with Gasteiger partial charge in [0.15, 0.2) is 11.5 Å². The maximum atomic E-state index is 15.6. The van der Waals surface area contributed by atoms with Gasteiger partial charge in [0.05, 0.1) is 30.8 Å². The van der Waals surface area contributed by atoms with Crippen molar-refractivity contribution in [3.05, 3.63) is 154 Å². The van der Waals surface area contributed by atoms with E-state index in [2.05, 4.69) is 0 Å². The van der Waals surface area contributed by atoms with E-state index in [1.807, 2.05) is 91.0 Å². The molecule has 0 saturated carbocycles. The molecule has 0 radical (unpaired) electrons. The van der Waals surface area contributed by atoms with Crippen molar-refractivity contribution < 1.29 is 27.4 Å². The van der Waals surface area contributed by atoms with E-state index in [0.717, 1.165) is 0 Å². The predicted molar refractivity (Wildman–Crippen MR) is 176 cm³/mol. The highest BCUT2D eigenvalue weighted by atomic mass is 19.4. The Morgan fingerprint density at radius 2 is 1.11 bits per heavy atom. The largest absolute Gasteiger partial charge is 0.493 e. The molecule has 0 bridgehead atoms. The number of methoxy groups -OCH3 is 2. The van der Waals surface area contributed by atoms with Crippen molar-refractivity contribution in [2.24, 2.45) is 5.73 Å². The number of carbonyl (C=O) groups excluding carboxylic acids is 1. The van der Waals surface area contributed by atoms with E-state index in [4.69, 9.17) is 15.2 Å². The summed E-state index contributed by atoms with van der Waals surface area (Å²) in [5.41, 5.74) is 7.06. The molecular weight excluding hydrogens is 587 g/mol. The van der Waals surface area contributed by atoms with Crippen molar-refractivity contribution in [3.8, 4) is 22.6 Å². The minimum Gasteiger partial charge on any atom is -0.493 e. The number of nitrogens with two attached hydrogens (primary N) is 1. The maximum Gasteiger partial charge on any atom is 0.416 e. The predicted octanol–water partition coefficient (Wildman–Crippen LogP) is 9.00. The number of benzene rings is 5. The van der Waals surface area contributed by atoms with Gasteiger partial charge < -0.3 is 15.2 Å². The molecule has 1 amide bonds. The number of carbonyl (C=O) groups is 1. The van der Waals surface area contributed by atoms with Crippen LogP contribution in [0.3, 0.4) is 0 Å². The fraction of sp³-hybridized carbons (Fsp3) is 0.205. The Hall–Kier alpha value is -5.04. The first-order chi connectivity index (χ1) is 22.1. The maximum absolute atomic E-state index is 15.6. The SMILES string of the molecule is CCc1c(-c2ccc(OC)c(OC)c2)c(C(N)=O)c(C(c2ccccc2)(c2ccccc2)c2ccccc2)c(CC)c1C(F)(F)F. The summed E-state index contributed by atoms with van der Waals surface area (Å²) in [6.07, 6.45) is -4.75. The molecule has 4 nitrogen and oxygen atoms in total. The van der Waals surface area contributed by atoms with Gasteiger partial charge in [-0.05, 0) is 69.5 Å². The van der Waals surface area contributed by atoms with Crippen LogP contribution in [0.5, 0.6) is 11.5 Å². The van der Waals surface area contributed by atoms with Crippen LogP contribution in [0, 0.1) is 0 Å². The molecule has 0 aliphatic carbocycles. The quantitative estimate of drug-likeness (QED) is 0.158. The van der Waals surface area contributed by atoms with E-state index in [1.165, 1.54) is 14.2 Å². The Morgan fingerprint density at radius 3 is 1.48 bits per heavy atom. The van der Waals surface area contributed by atoms with E-state index in [9.17, 15) is 4.79 Å². The molecule has 0 atom stereocenters. The molecular formula is C39H36F3NO3. The second-order valence-electron chi connectivity index (χ2n) is 10.9. The van der Waals surface area contributed by atoms with Crippen LogP contribution >= 0.6 is 0 Å². The Morgan fingerprint density at radius 1 is 0.652 bits per heavy atom. The minimum atomic E-state index is -4.75. The highest BCUT2D eigenvalue weighted by Crippen LogP contribution is 2.53. The smallest absolute Gasteiger partial charge is 0.416 e. The average molecular weight is 624 g/mol. The molecule has 5 rings (SSSR count). The fourth-order valence-corrected chi connectivity index (χ4v) is 6.88. The summed E-state index contributed by atoms with van der Waals surface area (Å²) in [6.45, 7) is 3.36. The number of amides is 1. The van der Waals surface area contributed by atoms with E-state index in [0.29, 0.717) is 33.8 Å². The zero-order chi connectivity index (χ0) is 33.1. The minimum absolute atomic E-state index is 0.00108. The van der Waals surface area contributed by atoms with Gasteiger partial charge in [-0.3, -0.25) is 4.79 Å². The molecule has 0 spiro atoms. The number of ether oxygens (including phenoxy) is 2. The molecule has 2 N–H and O–H groups in total. The second-order valence-corrected chi connectivity index (χ2v) is 10.9. The van der Waals surface area contributed by atoms with Gasteiger partial charge >= 0.3 is 6.18 Å². The molecule has 0 aliphatic rings. The molecule has 236 valence electrons. The van der Waals surface area contributed by atoms with Crippen molar-refractivity contribution in [3.63, 3.8) is 0 Å². The summed E-state index contributed by atoms with van der Waals surface area (Å²) in [6, 6.07) is 32.9. The summed E-state index contributed by atoms with van der Waals surface area (Å²) in [5, 5.41) is 0. The molecule has 0 aromatic heterocycles. The third-order valence-corrected chi connectivity index (χ3v) is 8.61. The van der Waals surface area contributed by atoms with Crippen molar-refractivity contribution in [2.75, 3.05) is 14.2 Å². The third-order valence-electron chi connectivity index (χ3n) is 8.61. The summed E-state index contributed by atoms with van der Waals surface area (Å²) >= 11 is 0. The second kappa shape index (κ2) is 13.1. The third kappa shape index (κ3) is 5.40. The first kappa shape index (κ1) is 32.4. The lowest BCUT2D eigenvalue weighted by atomic mass is 9.60. The Kier molecular flexibility index (Phi) is 9.24. The van der Waals surface area contributed by atoms with Crippen LogP contribution in [-0.2, 0) is 24.4 Å². The van der Waals surface area contributed by atoms with Crippen LogP contribution in [0.15, 0.2) is 109 Å². The van der Waals surface area contributed by atoms with E-state index < -0.39 is 23.1 Å². The standard InChI is InChI=1S/C39H36F3NO3/c1-5-29-33(25-22-23-31(45-3)32(24-25)46-4)34(37(43)44)36(30(6-2)35(29)39(40,41)42)38(26-16-10-7-11-17-26,27-18-12-8-13-19-27)28-20-14-9-15-21-28/h7-24H,5-6H2,1-4H3,(H2,43,44). The van der Waals surface area contributed by atoms with E-state index in [1.54, 1.807) is 32.0 Å². The van der Waals surface area contributed by atoms with Crippen LogP contribution in [0.25, 0.3) is 11.1 Å². The summed E-state index contributed by atoms with van der Waals surface area (Å²) in [7, 11) is 2.93. The number of hydrogen-bond acceptors (Lipinski definition) is 3. The number of alkyl halides is 3. The molecule has 5 aromatic rings. The van der Waals surface area contributed by atoms with Crippen molar-refractivity contribution in [2.45, 2.75) is 38.3 Å². The zero-order valence-corrected chi connectivity index (χ0v) is 26.2. The van der Waals surface area contributed by atoms with Crippen LogP contribution in [-0.4, -0.2) is 20.1 Å². The van der Waals surface area contributed by atoms with Gasteiger partial charge in [0, 0.05) is 0 Å². The molecule has 0 saturated heterocycles. The van der Waals surface area contributed by atoms with Crippen LogP contribution in [0.1, 0.15) is 63.1 Å². The number of rotatable bonds is 10. The van der Waals surface area contributed by atoms with Gasteiger partial charge in [0.1, 0.15) is 0 Å². The van der Waals surface area contributed by atoms with Gasteiger partial charge in [-0.15, -0.1) is 0 Å². The van der Waals surface area contributed by atoms with Crippen molar-refractivity contribution in [1.82, 2.24) is 0 Å². The lowest BCUT2D eigenvalue weighted by Gasteiger charge is -2.41. The Labute approximate surface area is 267 Å². The molecule has 0 unspecified atom stereocenters. The number of halogens is 3. The lowest BCUT2D eigenvalue weighted by Crippen LogP contribution is -2.37. The Bertz CT molecular complexity index is 1740. The van der Waals surface area contributed by atoms with E-state index in [-0.39, 0.29) is 40.7 Å². The fourth-order valence-electron chi connectivity index (χ4n) is 6.88. The number of hydrogen-bond donors (Lipinski definition) is 1. The molecule has 0 fully saturated rings. The summed E-state index contributed by atoms with van der Waals surface area (Å²) < 4.78 is 57.8. The number of primary amides is 1. The first-order valence-corrected chi connectivity index (χ1v) is 15.1. The normalized spacial score (nSPS) is 11.7. The topological polar surface area (TPSA) is 61.6 Å². The molecule has 0 aliphatic heterocycles. The lowest BCUT2D eigenvalue weighted by molar-refractivity contribution is -0.138. The van der Waals surface area contributed by atoms with Gasteiger partial charge in [-0.1, -0.05) is 111 Å². The molecule has 0 heterocycles. The monoisotopic (exact) mass is 623 g/mol. The van der Waals surface area contributed by atoms with Crippen LogP contribution in [0.4, 0.5) is 13.2 Å². The van der Waals surface area contributed by atoms with Gasteiger partial charge in [-0.25, -0.2) is 0 Å². The van der Waals surface area contributed by atoms with E-state index >= 15 is 13.2 Å². The van der Waals surface area contributed by atoms with Crippen LogP contribution in [0.2, 0.25) is 0 Å². The van der Waals surface area contributed by atoms with Crippen molar-refractivity contribution >= 4 is 5.91 Å². The van der Waals surface area contributed by atoms with Gasteiger partial charge in [0.25, 0.3) is 0 Å². The average Bonchev–Trinajstić information content (AvgIpc) is 3.08. The summed E-state index contributed by atoms with van der Waals surface area (Å²) in [5.74, 6) is -0.115. The van der Waals surface area contributed by atoms with Crippen molar-refractivity contribution in [1.29, 1.82) is 0 Å². The Balaban J connectivity index is 2.17.